The SMILES string of the molecule is CNc1nnc(SCC(=O)N[C@H](Cc2c[nH]c3ccccc23)C(=O)O)s1. The number of carbonyl (C=O) groups excluding carboxylic acids is 1. The molecule has 1 atom stereocenters. The van der Waals surface area contributed by atoms with Crippen molar-refractivity contribution >= 4 is 51.0 Å². The van der Waals surface area contributed by atoms with Gasteiger partial charge in [-0.15, -0.1) is 10.2 Å². The van der Waals surface area contributed by atoms with Crippen LogP contribution in [-0.4, -0.2) is 51.0 Å². The van der Waals surface area contributed by atoms with Gasteiger partial charge in [0.1, 0.15) is 6.04 Å². The number of aliphatic carboxylic acids is 1. The standard InChI is InChI=1S/C16H17N5O3S2/c1-17-15-20-21-16(26-15)25-8-13(22)19-12(14(23)24)6-9-7-18-11-5-3-2-4-10(9)11/h2-5,7,12,18H,6,8H2,1H3,(H,17,20)(H,19,22)(H,23,24)/t12-/m1/s1. The topological polar surface area (TPSA) is 120 Å². The Kier molecular flexibility index (Phi) is 5.74. The van der Waals surface area contributed by atoms with Gasteiger partial charge < -0.3 is 20.7 Å². The zero-order valence-corrected chi connectivity index (χ0v) is 15.5. The largest absolute Gasteiger partial charge is 0.480 e. The Bertz CT molecular complexity index is 923. The van der Waals surface area contributed by atoms with E-state index in [4.69, 9.17) is 0 Å². The summed E-state index contributed by atoms with van der Waals surface area (Å²) in [5, 5.41) is 24.3. The lowest BCUT2D eigenvalue weighted by Gasteiger charge is -2.13. The van der Waals surface area contributed by atoms with Gasteiger partial charge in [0.05, 0.1) is 5.75 Å². The number of hydrogen-bond acceptors (Lipinski definition) is 7. The Morgan fingerprint density at radius 3 is 2.88 bits per heavy atom. The first-order valence-electron chi connectivity index (χ1n) is 7.78. The van der Waals surface area contributed by atoms with E-state index < -0.39 is 12.0 Å². The van der Waals surface area contributed by atoms with Crippen LogP contribution in [0, 0.1) is 0 Å². The molecule has 26 heavy (non-hydrogen) atoms. The molecule has 0 radical (unpaired) electrons. The predicted molar refractivity (Wildman–Crippen MR) is 102 cm³/mol. The molecule has 0 fully saturated rings. The van der Waals surface area contributed by atoms with Gasteiger partial charge in [-0.25, -0.2) is 4.79 Å². The minimum atomic E-state index is -1.07. The molecular weight excluding hydrogens is 374 g/mol. The number of fused-ring (bicyclic) bond motifs is 1. The molecule has 0 aliphatic heterocycles. The van der Waals surface area contributed by atoms with Crippen LogP contribution in [0.1, 0.15) is 5.56 Å². The van der Waals surface area contributed by atoms with Crippen molar-refractivity contribution in [2.75, 3.05) is 18.1 Å². The third-order valence-electron chi connectivity index (χ3n) is 3.68. The van der Waals surface area contributed by atoms with Gasteiger partial charge in [-0.1, -0.05) is 41.3 Å². The van der Waals surface area contributed by atoms with Crippen LogP contribution in [-0.2, 0) is 16.0 Å². The van der Waals surface area contributed by atoms with Crippen molar-refractivity contribution in [2.24, 2.45) is 0 Å². The average molecular weight is 391 g/mol. The van der Waals surface area contributed by atoms with Crippen molar-refractivity contribution in [3.05, 3.63) is 36.0 Å². The number of hydrogen-bond donors (Lipinski definition) is 4. The van der Waals surface area contributed by atoms with Gasteiger partial charge in [0.2, 0.25) is 11.0 Å². The normalized spacial score (nSPS) is 12.0. The molecule has 10 heteroatoms. The van der Waals surface area contributed by atoms with Crippen molar-refractivity contribution in [3.8, 4) is 0 Å². The van der Waals surface area contributed by atoms with Crippen LogP contribution in [0.4, 0.5) is 5.13 Å². The number of anilines is 1. The van der Waals surface area contributed by atoms with E-state index in [1.165, 1.54) is 23.1 Å². The predicted octanol–water partition coefficient (Wildman–Crippen LogP) is 1.97. The van der Waals surface area contributed by atoms with Gasteiger partial charge in [-0.05, 0) is 11.6 Å². The number of nitrogens with one attached hydrogen (secondary N) is 3. The summed E-state index contributed by atoms with van der Waals surface area (Å²) in [6.45, 7) is 0. The summed E-state index contributed by atoms with van der Waals surface area (Å²) in [7, 11) is 1.74. The lowest BCUT2D eigenvalue weighted by molar-refractivity contribution is -0.141. The monoisotopic (exact) mass is 391 g/mol. The number of H-pyrrole nitrogens is 1. The maximum Gasteiger partial charge on any atom is 0.326 e. The number of carbonyl (C=O) groups is 2. The highest BCUT2D eigenvalue weighted by molar-refractivity contribution is 8.01. The molecule has 3 rings (SSSR count). The second-order valence-corrected chi connectivity index (χ2v) is 7.63. The number of carboxylic acid groups (broad SMARTS) is 1. The molecule has 136 valence electrons. The third kappa shape index (κ3) is 4.33. The number of nitrogens with zero attached hydrogens (tertiary/aromatic N) is 2. The number of amides is 1. The fraction of sp³-hybridized carbons (Fsp3) is 0.250. The van der Waals surface area contributed by atoms with E-state index in [0.29, 0.717) is 9.47 Å². The average Bonchev–Trinajstić information content (AvgIpc) is 3.26. The molecule has 2 aromatic heterocycles. The van der Waals surface area contributed by atoms with Crippen molar-refractivity contribution in [2.45, 2.75) is 16.8 Å². The van der Waals surface area contributed by atoms with Gasteiger partial charge in [0.25, 0.3) is 0 Å². The van der Waals surface area contributed by atoms with Gasteiger partial charge in [-0.3, -0.25) is 4.79 Å². The van der Waals surface area contributed by atoms with Crippen LogP contribution < -0.4 is 10.6 Å². The minimum absolute atomic E-state index is 0.0794. The second-order valence-electron chi connectivity index (χ2n) is 5.43. The molecular formula is C16H17N5O3S2. The third-order valence-corrected chi connectivity index (χ3v) is 5.75. The first kappa shape index (κ1) is 18.2. The lowest BCUT2D eigenvalue weighted by Crippen LogP contribution is -2.43. The summed E-state index contributed by atoms with van der Waals surface area (Å²) < 4.78 is 0.646. The van der Waals surface area contributed by atoms with E-state index in [1.54, 1.807) is 13.2 Å². The summed E-state index contributed by atoms with van der Waals surface area (Å²) in [4.78, 5) is 26.8. The number of thioether (sulfide) groups is 1. The highest BCUT2D eigenvalue weighted by Crippen LogP contribution is 2.25. The molecule has 4 N–H and O–H groups in total. The van der Waals surface area contributed by atoms with E-state index in [9.17, 15) is 14.7 Å². The first-order chi connectivity index (χ1) is 12.6. The van der Waals surface area contributed by atoms with Crippen LogP contribution >= 0.6 is 23.1 Å². The number of aromatic amines is 1. The minimum Gasteiger partial charge on any atom is -0.480 e. The summed E-state index contributed by atoms with van der Waals surface area (Å²) >= 11 is 2.56. The van der Waals surface area contributed by atoms with Gasteiger partial charge in [0, 0.05) is 30.6 Å². The Balaban J connectivity index is 1.61. The number of carboxylic acids is 1. The summed E-state index contributed by atoms with van der Waals surface area (Å²) in [6.07, 6.45) is 1.99. The fourth-order valence-electron chi connectivity index (χ4n) is 2.45. The van der Waals surface area contributed by atoms with Gasteiger partial charge in [-0.2, -0.15) is 0 Å². The Labute approximate surface area is 157 Å². The summed E-state index contributed by atoms with van der Waals surface area (Å²) in [5.74, 6) is -1.35. The maximum atomic E-state index is 12.1. The molecule has 0 unspecified atom stereocenters. The first-order valence-corrected chi connectivity index (χ1v) is 9.58. The van der Waals surface area contributed by atoms with Crippen LogP contribution in [0.25, 0.3) is 10.9 Å². The molecule has 0 saturated heterocycles. The molecule has 0 bridgehead atoms. The quantitative estimate of drug-likeness (QED) is 0.433. The number of rotatable bonds is 8. The Morgan fingerprint density at radius 2 is 2.15 bits per heavy atom. The van der Waals surface area contributed by atoms with Crippen molar-refractivity contribution in [3.63, 3.8) is 0 Å². The molecule has 0 saturated carbocycles. The van der Waals surface area contributed by atoms with Crippen molar-refractivity contribution in [1.29, 1.82) is 0 Å². The number of aromatic nitrogens is 3. The molecule has 0 aliphatic rings. The summed E-state index contributed by atoms with van der Waals surface area (Å²) in [5.41, 5.74) is 1.79. The van der Waals surface area contributed by atoms with E-state index in [1.807, 2.05) is 24.3 Å². The van der Waals surface area contributed by atoms with E-state index >= 15 is 0 Å². The Hall–Kier alpha value is -2.59. The molecule has 3 aromatic rings. The smallest absolute Gasteiger partial charge is 0.326 e. The van der Waals surface area contributed by atoms with Gasteiger partial charge in [0.15, 0.2) is 4.34 Å². The van der Waals surface area contributed by atoms with E-state index in [0.717, 1.165) is 16.5 Å². The second kappa shape index (κ2) is 8.19. The van der Waals surface area contributed by atoms with Crippen LogP contribution in [0.2, 0.25) is 0 Å². The van der Waals surface area contributed by atoms with Crippen LogP contribution in [0.3, 0.4) is 0 Å². The molecule has 0 aliphatic carbocycles. The molecule has 0 spiro atoms. The van der Waals surface area contributed by atoms with Crippen LogP contribution in [0.5, 0.6) is 0 Å². The van der Waals surface area contributed by atoms with Crippen molar-refractivity contribution in [1.82, 2.24) is 20.5 Å². The van der Waals surface area contributed by atoms with E-state index in [2.05, 4.69) is 25.8 Å². The number of benzene rings is 1. The van der Waals surface area contributed by atoms with E-state index in [-0.39, 0.29) is 18.1 Å². The summed E-state index contributed by atoms with van der Waals surface area (Å²) in [6, 6.07) is 6.65. The maximum absolute atomic E-state index is 12.1. The molecule has 8 nitrogen and oxygen atoms in total. The van der Waals surface area contributed by atoms with Gasteiger partial charge >= 0.3 is 5.97 Å². The lowest BCUT2D eigenvalue weighted by atomic mass is 10.1. The Morgan fingerprint density at radius 1 is 1.35 bits per heavy atom. The van der Waals surface area contributed by atoms with Crippen molar-refractivity contribution < 1.29 is 14.7 Å². The van der Waals surface area contributed by atoms with Crippen LogP contribution in [0.15, 0.2) is 34.8 Å². The highest BCUT2D eigenvalue weighted by atomic mass is 32.2. The number of para-hydroxylation sites is 1. The molecule has 2 heterocycles. The molecule has 1 aromatic carbocycles. The zero-order chi connectivity index (χ0) is 18.5. The highest BCUT2D eigenvalue weighted by Gasteiger charge is 2.22. The fourth-order valence-corrected chi connectivity index (χ4v) is 3.97. The molecule has 1 amide bonds. The zero-order valence-electron chi connectivity index (χ0n) is 13.9.